The first-order valence-electron chi connectivity index (χ1n) is 7.45. The van der Waals surface area contributed by atoms with Crippen molar-refractivity contribution in [1.29, 1.82) is 0 Å². The average Bonchev–Trinajstić information content (AvgIpc) is 2.40. The molecule has 0 aliphatic carbocycles. The molecule has 1 fully saturated rings. The van der Waals surface area contributed by atoms with Gasteiger partial charge in [-0.15, -0.1) is 0 Å². The van der Waals surface area contributed by atoms with Crippen LogP contribution in [0, 0.1) is 5.82 Å². The van der Waals surface area contributed by atoms with Gasteiger partial charge in [-0.25, -0.2) is 4.39 Å². The summed E-state index contributed by atoms with van der Waals surface area (Å²) in [6.45, 7) is 4.32. The SMILES string of the molecule is CC(CC1CCCCN1)NCCc1cccc(F)c1. The minimum Gasteiger partial charge on any atom is -0.314 e. The van der Waals surface area contributed by atoms with E-state index in [1.165, 1.54) is 38.3 Å². The van der Waals surface area contributed by atoms with Crippen LogP contribution in [0.4, 0.5) is 4.39 Å². The van der Waals surface area contributed by atoms with Crippen molar-refractivity contribution >= 4 is 0 Å². The molecule has 0 aromatic heterocycles. The Morgan fingerprint density at radius 2 is 2.32 bits per heavy atom. The van der Waals surface area contributed by atoms with Gasteiger partial charge in [-0.05, 0) is 63.4 Å². The van der Waals surface area contributed by atoms with E-state index in [0.717, 1.165) is 18.5 Å². The Bertz CT molecular complexity index is 375. The molecule has 1 saturated heterocycles. The summed E-state index contributed by atoms with van der Waals surface area (Å²) in [6.07, 6.45) is 6.05. The molecule has 1 heterocycles. The van der Waals surface area contributed by atoms with Crippen LogP contribution in [0.2, 0.25) is 0 Å². The van der Waals surface area contributed by atoms with Crippen molar-refractivity contribution in [1.82, 2.24) is 10.6 Å². The lowest BCUT2D eigenvalue weighted by Crippen LogP contribution is -2.40. The van der Waals surface area contributed by atoms with Crippen LogP contribution in [0.3, 0.4) is 0 Å². The smallest absolute Gasteiger partial charge is 0.123 e. The maximum atomic E-state index is 13.0. The lowest BCUT2D eigenvalue weighted by Gasteiger charge is -2.26. The molecular weight excluding hydrogens is 239 g/mol. The molecule has 3 heteroatoms. The summed E-state index contributed by atoms with van der Waals surface area (Å²) in [5.41, 5.74) is 1.07. The highest BCUT2D eigenvalue weighted by atomic mass is 19.1. The molecule has 1 aliphatic rings. The largest absolute Gasteiger partial charge is 0.314 e. The van der Waals surface area contributed by atoms with Crippen molar-refractivity contribution in [3.05, 3.63) is 35.6 Å². The number of hydrogen-bond acceptors (Lipinski definition) is 2. The van der Waals surface area contributed by atoms with Crippen LogP contribution in [0.1, 0.15) is 38.2 Å². The Kier molecular flexibility index (Phi) is 5.80. The predicted octanol–water partition coefficient (Wildman–Crippen LogP) is 2.88. The van der Waals surface area contributed by atoms with E-state index in [1.54, 1.807) is 12.1 Å². The highest BCUT2D eigenvalue weighted by molar-refractivity contribution is 5.16. The van der Waals surface area contributed by atoms with Gasteiger partial charge in [0.1, 0.15) is 5.82 Å². The molecular formula is C16H25FN2. The molecule has 1 aromatic carbocycles. The normalized spacial score (nSPS) is 21.3. The lowest BCUT2D eigenvalue weighted by atomic mass is 9.99. The van der Waals surface area contributed by atoms with Crippen LogP contribution >= 0.6 is 0 Å². The molecule has 2 N–H and O–H groups in total. The van der Waals surface area contributed by atoms with E-state index in [4.69, 9.17) is 0 Å². The number of hydrogen-bond donors (Lipinski definition) is 2. The van der Waals surface area contributed by atoms with Gasteiger partial charge >= 0.3 is 0 Å². The van der Waals surface area contributed by atoms with Crippen molar-refractivity contribution < 1.29 is 4.39 Å². The third kappa shape index (κ3) is 5.29. The van der Waals surface area contributed by atoms with Gasteiger partial charge in [0.2, 0.25) is 0 Å². The van der Waals surface area contributed by atoms with Gasteiger partial charge in [0.25, 0.3) is 0 Å². The molecule has 2 unspecified atom stereocenters. The van der Waals surface area contributed by atoms with Gasteiger partial charge in [-0.2, -0.15) is 0 Å². The second-order valence-electron chi connectivity index (χ2n) is 5.62. The highest BCUT2D eigenvalue weighted by Crippen LogP contribution is 2.12. The number of rotatable bonds is 6. The fraction of sp³-hybridized carbons (Fsp3) is 0.625. The zero-order valence-corrected chi connectivity index (χ0v) is 11.8. The van der Waals surface area contributed by atoms with Crippen LogP contribution < -0.4 is 10.6 Å². The zero-order chi connectivity index (χ0) is 13.5. The Morgan fingerprint density at radius 3 is 3.05 bits per heavy atom. The first-order chi connectivity index (χ1) is 9.24. The fourth-order valence-electron chi connectivity index (χ4n) is 2.79. The molecule has 0 radical (unpaired) electrons. The van der Waals surface area contributed by atoms with Crippen LogP contribution in [-0.2, 0) is 6.42 Å². The van der Waals surface area contributed by atoms with Gasteiger partial charge in [0.15, 0.2) is 0 Å². The standard InChI is InChI=1S/C16H25FN2/c1-13(11-16-7-2-3-9-19-16)18-10-8-14-5-4-6-15(17)12-14/h4-6,12-13,16,18-19H,2-3,7-11H2,1H3. The quantitative estimate of drug-likeness (QED) is 0.825. The lowest BCUT2D eigenvalue weighted by molar-refractivity contribution is 0.346. The third-order valence-corrected chi connectivity index (χ3v) is 3.85. The topological polar surface area (TPSA) is 24.1 Å². The van der Waals surface area contributed by atoms with Crippen molar-refractivity contribution in [3.8, 4) is 0 Å². The van der Waals surface area contributed by atoms with Crippen molar-refractivity contribution in [3.63, 3.8) is 0 Å². The molecule has 1 aliphatic heterocycles. The van der Waals surface area contributed by atoms with Crippen LogP contribution in [0.25, 0.3) is 0 Å². The van der Waals surface area contributed by atoms with E-state index >= 15 is 0 Å². The predicted molar refractivity (Wildman–Crippen MR) is 77.8 cm³/mol. The molecule has 0 bridgehead atoms. The molecule has 2 rings (SSSR count). The van der Waals surface area contributed by atoms with Crippen LogP contribution in [0.5, 0.6) is 0 Å². The van der Waals surface area contributed by atoms with E-state index in [0.29, 0.717) is 12.1 Å². The molecule has 19 heavy (non-hydrogen) atoms. The van der Waals surface area contributed by atoms with Crippen molar-refractivity contribution in [2.45, 2.75) is 51.1 Å². The molecule has 2 nitrogen and oxygen atoms in total. The van der Waals surface area contributed by atoms with Crippen molar-refractivity contribution in [2.24, 2.45) is 0 Å². The maximum absolute atomic E-state index is 13.0. The summed E-state index contributed by atoms with van der Waals surface area (Å²) in [6, 6.07) is 8.07. The zero-order valence-electron chi connectivity index (χ0n) is 11.8. The third-order valence-electron chi connectivity index (χ3n) is 3.85. The number of benzene rings is 1. The minimum absolute atomic E-state index is 0.142. The molecule has 1 aromatic rings. The highest BCUT2D eigenvalue weighted by Gasteiger charge is 2.15. The van der Waals surface area contributed by atoms with Crippen LogP contribution in [0.15, 0.2) is 24.3 Å². The number of halogens is 1. The van der Waals surface area contributed by atoms with E-state index in [-0.39, 0.29) is 5.82 Å². The number of piperidine rings is 1. The summed E-state index contributed by atoms with van der Waals surface area (Å²) in [5, 5.41) is 7.11. The summed E-state index contributed by atoms with van der Waals surface area (Å²) >= 11 is 0. The molecule has 106 valence electrons. The second kappa shape index (κ2) is 7.61. The van der Waals surface area contributed by atoms with Gasteiger partial charge in [-0.1, -0.05) is 18.6 Å². The van der Waals surface area contributed by atoms with E-state index < -0.39 is 0 Å². The molecule has 0 spiro atoms. The van der Waals surface area contributed by atoms with Gasteiger partial charge in [0.05, 0.1) is 0 Å². The minimum atomic E-state index is -0.142. The fourth-order valence-corrected chi connectivity index (χ4v) is 2.79. The first-order valence-corrected chi connectivity index (χ1v) is 7.45. The summed E-state index contributed by atoms with van der Waals surface area (Å²) in [7, 11) is 0. The Hall–Kier alpha value is -0.930. The van der Waals surface area contributed by atoms with E-state index in [2.05, 4.69) is 17.6 Å². The Morgan fingerprint density at radius 1 is 1.42 bits per heavy atom. The summed E-state index contributed by atoms with van der Waals surface area (Å²) in [4.78, 5) is 0. The summed E-state index contributed by atoms with van der Waals surface area (Å²) < 4.78 is 13.0. The van der Waals surface area contributed by atoms with E-state index in [9.17, 15) is 4.39 Å². The van der Waals surface area contributed by atoms with Crippen molar-refractivity contribution in [2.75, 3.05) is 13.1 Å². The van der Waals surface area contributed by atoms with Crippen LogP contribution in [-0.4, -0.2) is 25.2 Å². The van der Waals surface area contributed by atoms with Gasteiger partial charge in [0, 0.05) is 12.1 Å². The Balaban J connectivity index is 1.64. The maximum Gasteiger partial charge on any atom is 0.123 e. The Labute approximate surface area is 115 Å². The van der Waals surface area contributed by atoms with Gasteiger partial charge in [-0.3, -0.25) is 0 Å². The summed E-state index contributed by atoms with van der Waals surface area (Å²) in [5.74, 6) is -0.142. The van der Waals surface area contributed by atoms with Gasteiger partial charge < -0.3 is 10.6 Å². The molecule has 0 saturated carbocycles. The number of nitrogens with one attached hydrogen (secondary N) is 2. The molecule has 0 amide bonds. The van der Waals surface area contributed by atoms with E-state index in [1.807, 2.05) is 6.07 Å². The first kappa shape index (κ1) is 14.5. The second-order valence-corrected chi connectivity index (χ2v) is 5.62. The molecule has 2 atom stereocenters. The average molecular weight is 264 g/mol. The monoisotopic (exact) mass is 264 g/mol.